The summed E-state index contributed by atoms with van der Waals surface area (Å²) in [5.74, 6) is -1.47. The Hall–Kier alpha value is -2.19. The molecule has 0 heterocycles. The molecule has 2 aromatic rings. The molecule has 0 radical (unpaired) electrons. The third-order valence-corrected chi connectivity index (χ3v) is 4.10. The highest BCUT2D eigenvalue weighted by molar-refractivity contribution is 7.89. The molecule has 0 bridgehead atoms. The highest BCUT2D eigenvalue weighted by Gasteiger charge is 2.16. The van der Waals surface area contributed by atoms with Crippen molar-refractivity contribution in [1.82, 2.24) is 4.72 Å². The van der Waals surface area contributed by atoms with E-state index in [1.165, 1.54) is 25.2 Å². The number of nitrogen functional groups attached to an aromatic ring is 1. The van der Waals surface area contributed by atoms with Crippen LogP contribution in [0.15, 0.2) is 41.3 Å². The topological polar surface area (TPSA) is 81.4 Å². The number of sulfonamides is 1. The Morgan fingerprint density at radius 3 is 2.19 bits per heavy atom. The smallest absolute Gasteiger partial charge is 0.242 e. The van der Waals surface area contributed by atoms with Gasteiger partial charge < -0.3 is 10.5 Å². The normalized spacial score (nSPS) is 11.4. The number of nitrogens with one attached hydrogen (secondary N) is 1. The first-order valence-electron chi connectivity index (χ1n) is 5.79. The van der Waals surface area contributed by atoms with Crippen LogP contribution in [0.5, 0.6) is 11.5 Å². The van der Waals surface area contributed by atoms with Gasteiger partial charge in [-0.3, -0.25) is 0 Å². The third kappa shape index (κ3) is 3.47. The van der Waals surface area contributed by atoms with Gasteiger partial charge >= 0.3 is 0 Å². The van der Waals surface area contributed by atoms with Crippen molar-refractivity contribution in [3.63, 3.8) is 0 Å². The second-order valence-electron chi connectivity index (χ2n) is 4.11. The number of hydrogen-bond donors (Lipinski definition) is 2. The van der Waals surface area contributed by atoms with Gasteiger partial charge in [-0.15, -0.1) is 0 Å². The molecular weight excluding hydrogens is 302 g/mol. The molecule has 0 saturated heterocycles. The lowest BCUT2D eigenvalue weighted by atomic mass is 10.3. The Morgan fingerprint density at radius 2 is 1.67 bits per heavy atom. The summed E-state index contributed by atoms with van der Waals surface area (Å²) >= 11 is 0. The maximum atomic E-state index is 13.0. The molecule has 0 aliphatic heterocycles. The van der Waals surface area contributed by atoms with Gasteiger partial charge in [0, 0.05) is 24.3 Å². The van der Waals surface area contributed by atoms with Gasteiger partial charge in [0.2, 0.25) is 10.0 Å². The number of ether oxygens (including phenoxy) is 1. The van der Waals surface area contributed by atoms with Crippen LogP contribution in [-0.2, 0) is 10.0 Å². The average molecular weight is 314 g/mol. The van der Waals surface area contributed by atoms with Gasteiger partial charge in [-0.05, 0) is 19.2 Å². The van der Waals surface area contributed by atoms with E-state index >= 15 is 0 Å². The van der Waals surface area contributed by atoms with Gasteiger partial charge in [0.05, 0.1) is 5.69 Å². The van der Waals surface area contributed by atoms with Crippen molar-refractivity contribution in [3.8, 4) is 11.5 Å². The van der Waals surface area contributed by atoms with Crippen molar-refractivity contribution in [2.45, 2.75) is 4.90 Å². The van der Waals surface area contributed by atoms with Crippen LogP contribution in [0.3, 0.4) is 0 Å². The molecular formula is C13H12F2N2O3S. The average Bonchev–Trinajstić information content (AvgIpc) is 2.37. The zero-order chi connectivity index (χ0) is 15.6. The summed E-state index contributed by atoms with van der Waals surface area (Å²) in [6.45, 7) is 0. The third-order valence-electron chi connectivity index (χ3n) is 2.61. The van der Waals surface area contributed by atoms with E-state index in [1.807, 2.05) is 0 Å². The van der Waals surface area contributed by atoms with Crippen LogP contribution in [0, 0.1) is 11.6 Å². The summed E-state index contributed by atoms with van der Waals surface area (Å²) in [6.07, 6.45) is 0. The Morgan fingerprint density at radius 1 is 1.05 bits per heavy atom. The maximum Gasteiger partial charge on any atom is 0.242 e. The lowest BCUT2D eigenvalue weighted by Crippen LogP contribution is -2.19. The highest BCUT2D eigenvalue weighted by Crippen LogP contribution is 2.28. The van der Waals surface area contributed by atoms with Crippen LogP contribution in [0.1, 0.15) is 0 Å². The van der Waals surface area contributed by atoms with Crippen molar-refractivity contribution in [2.75, 3.05) is 12.8 Å². The zero-order valence-electron chi connectivity index (χ0n) is 10.9. The molecule has 3 N–H and O–H groups in total. The lowest BCUT2D eigenvalue weighted by molar-refractivity contribution is 0.468. The molecule has 112 valence electrons. The van der Waals surface area contributed by atoms with Crippen molar-refractivity contribution >= 4 is 15.7 Å². The fourth-order valence-electron chi connectivity index (χ4n) is 1.67. The monoisotopic (exact) mass is 314 g/mol. The van der Waals surface area contributed by atoms with Crippen LogP contribution in [-0.4, -0.2) is 15.5 Å². The molecule has 2 rings (SSSR count). The van der Waals surface area contributed by atoms with E-state index in [2.05, 4.69) is 4.72 Å². The number of halogens is 2. The predicted molar refractivity (Wildman–Crippen MR) is 73.5 cm³/mol. The number of rotatable bonds is 4. The molecule has 0 fully saturated rings. The second kappa shape index (κ2) is 5.66. The van der Waals surface area contributed by atoms with E-state index in [-0.39, 0.29) is 22.1 Å². The highest BCUT2D eigenvalue weighted by atomic mass is 32.2. The van der Waals surface area contributed by atoms with Crippen LogP contribution >= 0.6 is 0 Å². The van der Waals surface area contributed by atoms with Gasteiger partial charge in [0.25, 0.3) is 0 Å². The molecule has 0 amide bonds. The summed E-state index contributed by atoms with van der Waals surface area (Å²) in [5.41, 5.74) is 5.61. The number of anilines is 1. The van der Waals surface area contributed by atoms with Gasteiger partial charge in [-0.2, -0.15) is 0 Å². The summed E-state index contributed by atoms with van der Waals surface area (Å²) < 4.78 is 56.8. The van der Waals surface area contributed by atoms with Crippen molar-refractivity contribution in [1.29, 1.82) is 0 Å². The fraction of sp³-hybridized carbons (Fsp3) is 0.0769. The number of benzene rings is 2. The van der Waals surface area contributed by atoms with Crippen LogP contribution in [0.4, 0.5) is 14.5 Å². The van der Waals surface area contributed by atoms with E-state index in [9.17, 15) is 17.2 Å². The number of hydrogen-bond acceptors (Lipinski definition) is 4. The predicted octanol–water partition coefficient (Wildman–Crippen LogP) is 2.25. The molecule has 0 aliphatic carbocycles. The second-order valence-corrected chi connectivity index (χ2v) is 5.97. The molecule has 0 spiro atoms. The van der Waals surface area contributed by atoms with Crippen molar-refractivity contribution < 1.29 is 21.9 Å². The first-order valence-corrected chi connectivity index (χ1v) is 7.27. The molecule has 0 aromatic heterocycles. The van der Waals surface area contributed by atoms with E-state index in [4.69, 9.17) is 10.5 Å². The first kappa shape index (κ1) is 15.2. The van der Waals surface area contributed by atoms with E-state index in [1.54, 1.807) is 0 Å². The lowest BCUT2D eigenvalue weighted by Gasteiger charge is -2.10. The van der Waals surface area contributed by atoms with Crippen molar-refractivity contribution in [3.05, 3.63) is 48.0 Å². The number of nitrogens with two attached hydrogens (primary N) is 1. The molecule has 0 saturated carbocycles. The van der Waals surface area contributed by atoms with Crippen molar-refractivity contribution in [2.24, 2.45) is 0 Å². The minimum absolute atomic E-state index is 0.0428. The van der Waals surface area contributed by atoms with Gasteiger partial charge in [-0.25, -0.2) is 21.9 Å². The van der Waals surface area contributed by atoms with E-state index in [0.29, 0.717) is 6.07 Å². The molecule has 0 aliphatic rings. The molecule has 2 aromatic carbocycles. The fourth-order valence-corrected chi connectivity index (χ4v) is 2.50. The Balaban J connectivity index is 2.33. The van der Waals surface area contributed by atoms with E-state index in [0.717, 1.165) is 12.1 Å². The molecule has 0 atom stereocenters. The van der Waals surface area contributed by atoms with Crippen LogP contribution in [0.2, 0.25) is 0 Å². The summed E-state index contributed by atoms with van der Waals surface area (Å²) in [6, 6.07) is 6.54. The quantitative estimate of drug-likeness (QED) is 0.848. The van der Waals surface area contributed by atoms with E-state index < -0.39 is 21.7 Å². The minimum Gasteiger partial charge on any atom is -0.457 e. The molecule has 21 heavy (non-hydrogen) atoms. The molecule has 8 heteroatoms. The van der Waals surface area contributed by atoms with Gasteiger partial charge in [0.15, 0.2) is 0 Å². The molecule has 5 nitrogen and oxygen atoms in total. The standard InChI is InChI=1S/C13H12F2N2O3S/c1-17-21(18,19)13-3-2-10(7-12(13)16)20-11-5-8(14)4-9(15)6-11/h2-7,17H,16H2,1H3. The van der Waals surface area contributed by atoms with Gasteiger partial charge in [0.1, 0.15) is 28.0 Å². The maximum absolute atomic E-state index is 13.0. The first-order chi connectivity index (χ1) is 9.81. The van der Waals surface area contributed by atoms with Crippen LogP contribution in [0.25, 0.3) is 0 Å². The van der Waals surface area contributed by atoms with Gasteiger partial charge in [-0.1, -0.05) is 0 Å². The van der Waals surface area contributed by atoms with Crippen LogP contribution < -0.4 is 15.2 Å². The summed E-state index contributed by atoms with van der Waals surface area (Å²) in [7, 11) is -2.42. The zero-order valence-corrected chi connectivity index (χ0v) is 11.7. The molecule has 0 unspecified atom stereocenters. The Labute approximate surface area is 120 Å². The minimum atomic E-state index is -3.68. The SMILES string of the molecule is CNS(=O)(=O)c1ccc(Oc2cc(F)cc(F)c2)cc1N. The largest absolute Gasteiger partial charge is 0.457 e. The summed E-state index contributed by atoms with van der Waals surface area (Å²) in [4.78, 5) is -0.109. The Bertz CT molecular complexity index is 759. The summed E-state index contributed by atoms with van der Waals surface area (Å²) in [5, 5.41) is 0. The Kier molecular flexibility index (Phi) is 4.10.